The van der Waals surface area contributed by atoms with Crippen LogP contribution in [0.5, 0.6) is 5.75 Å². The average Bonchev–Trinajstić information content (AvgIpc) is 2.90. The molecule has 0 unspecified atom stereocenters. The first-order chi connectivity index (χ1) is 12.6. The van der Waals surface area contributed by atoms with Crippen LogP contribution >= 0.6 is 0 Å². The van der Waals surface area contributed by atoms with Gasteiger partial charge in [-0.2, -0.15) is 0 Å². The lowest BCUT2D eigenvalue weighted by Crippen LogP contribution is -2.38. The molecule has 1 heterocycles. The fourth-order valence-corrected chi connectivity index (χ4v) is 3.06. The van der Waals surface area contributed by atoms with Gasteiger partial charge in [0.15, 0.2) is 0 Å². The Hall–Kier alpha value is -2.60. The standard InChI is InChI=1S/C20H24FN3O2/c1-26-19-9-3-16(4-10-19)15-23-11-2-12-24(14-13-23)20(25)22-18-7-5-17(21)6-8-18/h3-10H,2,11-15H2,1H3,(H,22,25). The Kier molecular flexibility index (Phi) is 6.07. The first-order valence-corrected chi connectivity index (χ1v) is 8.81. The van der Waals surface area contributed by atoms with E-state index in [4.69, 9.17) is 4.74 Å². The molecule has 138 valence electrons. The van der Waals surface area contributed by atoms with Gasteiger partial charge in [0.1, 0.15) is 11.6 Å². The second-order valence-corrected chi connectivity index (χ2v) is 6.40. The van der Waals surface area contributed by atoms with Crippen molar-refractivity contribution in [2.45, 2.75) is 13.0 Å². The number of ether oxygens (including phenoxy) is 1. The van der Waals surface area contributed by atoms with Gasteiger partial charge in [-0.3, -0.25) is 4.90 Å². The summed E-state index contributed by atoms with van der Waals surface area (Å²) >= 11 is 0. The quantitative estimate of drug-likeness (QED) is 0.910. The number of carbonyl (C=O) groups is 1. The third-order valence-corrected chi connectivity index (χ3v) is 4.54. The Morgan fingerprint density at radius 2 is 1.77 bits per heavy atom. The molecular weight excluding hydrogens is 333 g/mol. The number of hydrogen-bond acceptors (Lipinski definition) is 3. The lowest BCUT2D eigenvalue weighted by atomic mass is 10.2. The molecule has 0 atom stereocenters. The highest BCUT2D eigenvalue weighted by Gasteiger charge is 2.19. The molecule has 1 N–H and O–H groups in total. The lowest BCUT2D eigenvalue weighted by molar-refractivity contribution is 0.211. The number of nitrogens with one attached hydrogen (secondary N) is 1. The molecule has 0 aliphatic carbocycles. The molecule has 2 aromatic rings. The van der Waals surface area contributed by atoms with E-state index in [1.54, 1.807) is 19.2 Å². The van der Waals surface area contributed by atoms with Crippen LogP contribution in [0.4, 0.5) is 14.9 Å². The Balaban J connectivity index is 1.52. The molecule has 26 heavy (non-hydrogen) atoms. The van der Waals surface area contributed by atoms with Crippen LogP contribution in [0, 0.1) is 5.82 Å². The smallest absolute Gasteiger partial charge is 0.321 e. The molecule has 1 saturated heterocycles. The van der Waals surface area contributed by atoms with Gasteiger partial charge in [0, 0.05) is 38.4 Å². The van der Waals surface area contributed by atoms with Gasteiger partial charge in [-0.1, -0.05) is 12.1 Å². The summed E-state index contributed by atoms with van der Waals surface area (Å²) in [6, 6.07) is 13.8. The maximum absolute atomic E-state index is 13.0. The van der Waals surface area contributed by atoms with E-state index >= 15 is 0 Å². The zero-order chi connectivity index (χ0) is 18.4. The molecule has 3 rings (SSSR count). The Morgan fingerprint density at radius 1 is 1.04 bits per heavy atom. The zero-order valence-corrected chi connectivity index (χ0v) is 15.0. The summed E-state index contributed by atoms with van der Waals surface area (Å²) in [6.07, 6.45) is 0.924. The van der Waals surface area contributed by atoms with Crippen molar-refractivity contribution in [2.75, 3.05) is 38.6 Å². The number of anilines is 1. The fraction of sp³-hybridized carbons (Fsp3) is 0.350. The van der Waals surface area contributed by atoms with Crippen LogP contribution in [-0.2, 0) is 6.54 Å². The van der Waals surface area contributed by atoms with Gasteiger partial charge in [-0.05, 0) is 48.4 Å². The number of nitrogens with zero attached hydrogens (tertiary/aromatic N) is 2. The van der Waals surface area contributed by atoms with Crippen LogP contribution in [0.2, 0.25) is 0 Å². The van der Waals surface area contributed by atoms with Crippen LogP contribution in [0.25, 0.3) is 0 Å². The van der Waals surface area contributed by atoms with Crippen LogP contribution in [0.15, 0.2) is 48.5 Å². The largest absolute Gasteiger partial charge is 0.497 e. The van der Waals surface area contributed by atoms with Gasteiger partial charge < -0.3 is 15.0 Å². The molecule has 0 bridgehead atoms. The number of halogens is 1. The minimum atomic E-state index is -0.313. The summed E-state index contributed by atoms with van der Waals surface area (Å²) in [4.78, 5) is 16.6. The molecule has 6 heteroatoms. The van der Waals surface area contributed by atoms with Crippen LogP contribution in [-0.4, -0.2) is 49.1 Å². The number of hydrogen-bond donors (Lipinski definition) is 1. The summed E-state index contributed by atoms with van der Waals surface area (Å²) in [6.45, 7) is 4.02. The Labute approximate surface area is 153 Å². The zero-order valence-electron chi connectivity index (χ0n) is 15.0. The van der Waals surface area contributed by atoms with E-state index in [-0.39, 0.29) is 11.8 Å². The molecular formula is C20H24FN3O2. The van der Waals surface area contributed by atoms with E-state index in [2.05, 4.69) is 22.3 Å². The summed E-state index contributed by atoms with van der Waals surface area (Å²) < 4.78 is 18.2. The first kappa shape index (κ1) is 18.2. The van der Waals surface area contributed by atoms with Crippen molar-refractivity contribution in [1.29, 1.82) is 0 Å². The SMILES string of the molecule is COc1ccc(CN2CCCN(C(=O)Nc3ccc(F)cc3)CC2)cc1. The Morgan fingerprint density at radius 3 is 2.46 bits per heavy atom. The van der Waals surface area contributed by atoms with Crippen LogP contribution < -0.4 is 10.1 Å². The van der Waals surface area contributed by atoms with Gasteiger partial charge in [-0.15, -0.1) is 0 Å². The average molecular weight is 357 g/mol. The molecule has 0 aromatic heterocycles. The van der Waals surface area contributed by atoms with E-state index < -0.39 is 0 Å². The second-order valence-electron chi connectivity index (χ2n) is 6.40. The highest BCUT2D eigenvalue weighted by Crippen LogP contribution is 2.15. The number of carbonyl (C=O) groups excluding carboxylic acids is 1. The first-order valence-electron chi connectivity index (χ1n) is 8.81. The van der Waals surface area contributed by atoms with E-state index in [9.17, 15) is 9.18 Å². The van der Waals surface area contributed by atoms with Crippen LogP contribution in [0.1, 0.15) is 12.0 Å². The molecule has 2 amide bonds. The molecule has 0 spiro atoms. The molecule has 1 fully saturated rings. The van der Waals surface area contributed by atoms with E-state index in [1.807, 2.05) is 17.0 Å². The van der Waals surface area contributed by atoms with Gasteiger partial charge in [0.2, 0.25) is 0 Å². The number of amides is 2. The maximum atomic E-state index is 13.0. The topological polar surface area (TPSA) is 44.8 Å². The minimum absolute atomic E-state index is 0.136. The van der Waals surface area contributed by atoms with Gasteiger partial charge in [-0.25, -0.2) is 9.18 Å². The highest BCUT2D eigenvalue weighted by atomic mass is 19.1. The van der Waals surface area contributed by atoms with Crippen molar-refractivity contribution in [3.8, 4) is 5.75 Å². The van der Waals surface area contributed by atoms with E-state index in [1.165, 1.54) is 17.7 Å². The van der Waals surface area contributed by atoms with Crippen molar-refractivity contribution in [2.24, 2.45) is 0 Å². The minimum Gasteiger partial charge on any atom is -0.497 e. The summed E-state index contributed by atoms with van der Waals surface area (Å²) in [5, 5.41) is 2.83. The predicted octanol–water partition coefficient (Wildman–Crippen LogP) is 3.57. The van der Waals surface area contributed by atoms with Gasteiger partial charge in [0.25, 0.3) is 0 Å². The van der Waals surface area contributed by atoms with E-state index in [0.717, 1.165) is 31.8 Å². The molecule has 2 aromatic carbocycles. The van der Waals surface area contributed by atoms with Crippen molar-refractivity contribution >= 4 is 11.7 Å². The predicted molar refractivity (Wildman–Crippen MR) is 99.9 cm³/mol. The van der Waals surface area contributed by atoms with Crippen molar-refractivity contribution in [3.05, 3.63) is 59.9 Å². The molecule has 1 aliphatic rings. The Bertz CT molecular complexity index is 719. The highest BCUT2D eigenvalue weighted by molar-refractivity contribution is 5.89. The van der Waals surface area contributed by atoms with Crippen molar-refractivity contribution < 1.29 is 13.9 Å². The third kappa shape index (κ3) is 4.95. The van der Waals surface area contributed by atoms with E-state index in [0.29, 0.717) is 18.8 Å². The van der Waals surface area contributed by atoms with Gasteiger partial charge >= 0.3 is 6.03 Å². The third-order valence-electron chi connectivity index (χ3n) is 4.54. The fourth-order valence-electron chi connectivity index (χ4n) is 3.06. The summed E-state index contributed by atoms with van der Waals surface area (Å²) in [5.41, 5.74) is 1.84. The summed E-state index contributed by atoms with van der Waals surface area (Å²) in [5.74, 6) is 0.542. The lowest BCUT2D eigenvalue weighted by Gasteiger charge is -2.22. The number of methoxy groups -OCH3 is 1. The van der Waals surface area contributed by atoms with Gasteiger partial charge in [0.05, 0.1) is 7.11 Å². The summed E-state index contributed by atoms with van der Waals surface area (Å²) in [7, 11) is 1.66. The molecule has 0 saturated carbocycles. The van der Waals surface area contributed by atoms with Crippen LogP contribution in [0.3, 0.4) is 0 Å². The van der Waals surface area contributed by atoms with Crippen molar-refractivity contribution in [1.82, 2.24) is 9.80 Å². The maximum Gasteiger partial charge on any atom is 0.321 e. The molecule has 5 nitrogen and oxygen atoms in total. The molecule has 0 radical (unpaired) electrons. The molecule has 1 aliphatic heterocycles. The number of benzene rings is 2. The second kappa shape index (κ2) is 8.67. The number of rotatable bonds is 4. The normalized spacial score (nSPS) is 15.4. The number of urea groups is 1. The monoisotopic (exact) mass is 357 g/mol. The van der Waals surface area contributed by atoms with Crippen molar-refractivity contribution in [3.63, 3.8) is 0 Å².